The molecule has 0 atom stereocenters. The lowest BCUT2D eigenvalue weighted by atomic mass is 10.1. The Morgan fingerprint density at radius 1 is 1.04 bits per heavy atom. The molecule has 23 heavy (non-hydrogen) atoms. The standard InChI is InChI=1S/C17H22N2O3S/c1-3-4-5-10-17(20)18-19-23(21,22)16-12-11-13(2)14-8-6-7-9-15(14)16/h6-9,11-12,19H,3-5,10H2,1-2H3,(H,18,20). The number of hydrogen-bond acceptors (Lipinski definition) is 3. The van der Waals surface area contributed by atoms with Gasteiger partial charge in [-0.2, -0.15) is 0 Å². The van der Waals surface area contributed by atoms with Gasteiger partial charge in [-0.1, -0.05) is 50.1 Å². The first-order chi connectivity index (χ1) is 11.0. The molecule has 0 saturated heterocycles. The van der Waals surface area contributed by atoms with Crippen molar-refractivity contribution in [2.45, 2.75) is 44.4 Å². The van der Waals surface area contributed by atoms with Gasteiger partial charge in [0.15, 0.2) is 0 Å². The molecule has 5 nitrogen and oxygen atoms in total. The van der Waals surface area contributed by atoms with Crippen LogP contribution >= 0.6 is 0 Å². The molecule has 2 aromatic rings. The van der Waals surface area contributed by atoms with Crippen molar-refractivity contribution >= 4 is 26.7 Å². The third-order valence-electron chi connectivity index (χ3n) is 3.72. The Labute approximate surface area is 137 Å². The third kappa shape index (κ3) is 4.30. The van der Waals surface area contributed by atoms with Crippen LogP contribution in [0.3, 0.4) is 0 Å². The molecule has 1 amide bonds. The number of hydrazine groups is 1. The zero-order chi connectivity index (χ0) is 16.9. The summed E-state index contributed by atoms with van der Waals surface area (Å²) in [4.78, 5) is 14.0. The molecule has 2 aromatic carbocycles. The minimum atomic E-state index is -3.81. The van der Waals surface area contributed by atoms with Crippen LogP contribution in [0.4, 0.5) is 0 Å². The Hall–Kier alpha value is -1.92. The summed E-state index contributed by atoms with van der Waals surface area (Å²) in [5.41, 5.74) is 3.29. The van der Waals surface area contributed by atoms with Crippen molar-refractivity contribution in [3.8, 4) is 0 Å². The molecule has 0 aliphatic rings. The molecule has 0 heterocycles. The number of rotatable bonds is 7. The first-order valence-electron chi connectivity index (χ1n) is 7.74. The summed E-state index contributed by atoms with van der Waals surface area (Å²) >= 11 is 0. The fraction of sp³-hybridized carbons (Fsp3) is 0.353. The lowest BCUT2D eigenvalue weighted by Crippen LogP contribution is -2.41. The van der Waals surface area contributed by atoms with Crippen molar-refractivity contribution in [1.29, 1.82) is 0 Å². The van der Waals surface area contributed by atoms with E-state index in [-0.39, 0.29) is 10.8 Å². The van der Waals surface area contributed by atoms with Crippen LogP contribution in [0.1, 0.15) is 38.2 Å². The van der Waals surface area contributed by atoms with Gasteiger partial charge >= 0.3 is 0 Å². The second-order valence-electron chi connectivity index (χ2n) is 5.54. The summed E-state index contributed by atoms with van der Waals surface area (Å²) in [6.45, 7) is 3.98. The zero-order valence-corrected chi connectivity index (χ0v) is 14.2. The Bertz CT molecular complexity index is 801. The molecule has 0 aliphatic carbocycles. The van der Waals surface area contributed by atoms with Gasteiger partial charge in [0.05, 0.1) is 4.90 Å². The molecule has 0 aliphatic heterocycles. The predicted molar refractivity (Wildman–Crippen MR) is 91.3 cm³/mol. The molecule has 0 bridgehead atoms. The smallest absolute Gasteiger partial charge is 0.257 e. The molecule has 6 heteroatoms. The molecule has 0 radical (unpaired) electrons. The molecule has 2 rings (SSSR count). The normalized spacial score (nSPS) is 11.6. The van der Waals surface area contributed by atoms with Gasteiger partial charge in [-0.15, -0.1) is 4.83 Å². The van der Waals surface area contributed by atoms with Crippen molar-refractivity contribution in [2.24, 2.45) is 0 Å². The molecule has 124 valence electrons. The van der Waals surface area contributed by atoms with Crippen LogP contribution in [0.5, 0.6) is 0 Å². The van der Waals surface area contributed by atoms with E-state index in [9.17, 15) is 13.2 Å². The van der Waals surface area contributed by atoms with Gasteiger partial charge in [0, 0.05) is 11.8 Å². The molecule has 2 N–H and O–H groups in total. The van der Waals surface area contributed by atoms with Gasteiger partial charge in [0.2, 0.25) is 5.91 Å². The topological polar surface area (TPSA) is 75.3 Å². The fourth-order valence-electron chi connectivity index (χ4n) is 2.43. The maximum Gasteiger partial charge on any atom is 0.257 e. The number of aryl methyl sites for hydroxylation is 1. The molecule has 0 spiro atoms. The minimum Gasteiger partial charge on any atom is -0.278 e. The van der Waals surface area contributed by atoms with E-state index >= 15 is 0 Å². The monoisotopic (exact) mass is 334 g/mol. The Kier molecular flexibility index (Phi) is 5.74. The van der Waals surface area contributed by atoms with Crippen molar-refractivity contribution in [3.63, 3.8) is 0 Å². The first-order valence-corrected chi connectivity index (χ1v) is 9.23. The quantitative estimate of drug-likeness (QED) is 0.604. The van der Waals surface area contributed by atoms with Crippen molar-refractivity contribution < 1.29 is 13.2 Å². The van der Waals surface area contributed by atoms with Gasteiger partial charge in [-0.3, -0.25) is 10.2 Å². The SMILES string of the molecule is CCCCCC(=O)NNS(=O)(=O)c1ccc(C)c2ccccc12. The first kappa shape index (κ1) is 17.4. The predicted octanol–water partition coefficient (Wildman–Crippen LogP) is 3.04. The average molecular weight is 334 g/mol. The maximum atomic E-state index is 12.5. The van der Waals surface area contributed by atoms with Gasteiger partial charge < -0.3 is 0 Å². The van der Waals surface area contributed by atoms with Crippen molar-refractivity contribution in [3.05, 3.63) is 42.0 Å². The third-order valence-corrected chi connectivity index (χ3v) is 5.03. The lowest BCUT2D eigenvalue weighted by Gasteiger charge is -2.12. The van der Waals surface area contributed by atoms with E-state index in [1.807, 2.05) is 26.0 Å². The minimum absolute atomic E-state index is 0.160. The second-order valence-corrected chi connectivity index (χ2v) is 7.19. The molecular weight excluding hydrogens is 312 g/mol. The van der Waals surface area contributed by atoms with Crippen LogP contribution < -0.4 is 10.3 Å². The van der Waals surface area contributed by atoms with E-state index in [1.165, 1.54) is 0 Å². The summed E-state index contributed by atoms with van der Waals surface area (Å²) in [7, 11) is -3.81. The second kappa shape index (κ2) is 7.57. The zero-order valence-electron chi connectivity index (χ0n) is 13.4. The van der Waals surface area contributed by atoms with Crippen LogP contribution in [0, 0.1) is 6.92 Å². The fourth-order valence-corrected chi connectivity index (χ4v) is 3.51. The number of amides is 1. The number of carbonyl (C=O) groups excluding carboxylic acids is 1. The number of nitrogens with one attached hydrogen (secondary N) is 2. The average Bonchev–Trinajstić information content (AvgIpc) is 2.54. The molecule has 0 unspecified atom stereocenters. The number of carbonyl (C=O) groups is 1. The Morgan fingerprint density at radius 2 is 1.74 bits per heavy atom. The lowest BCUT2D eigenvalue weighted by molar-refractivity contribution is -0.121. The van der Waals surface area contributed by atoms with Crippen LogP contribution in [0.2, 0.25) is 0 Å². The maximum absolute atomic E-state index is 12.5. The van der Waals surface area contributed by atoms with Crippen LogP contribution in [-0.2, 0) is 14.8 Å². The number of benzene rings is 2. The Balaban J connectivity index is 2.17. The van der Waals surface area contributed by atoms with Crippen LogP contribution in [0.15, 0.2) is 41.3 Å². The molecule has 0 aromatic heterocycles. The highest BCUT2D eigenvalue weighted by atomic mass is 32.2. The van der Waals surface area contributed by atoms with E-state index in [4.69, 9.17) is 0 Å². The highest BCUT2D eigenvalue weighted by Crippen LogP contribution is 2.25. The van der Waals surface area contributed by atoms with E-state index in [0.717, 1.165) is 30.2 Å². The highest BCUT2D eigenvalue weighted by Gasteiger charge is 2.18. The van der Waals surface area contributed by atoms with Crippen molar-refractivity contribution in [1.82, 2.24) is 10.3 Å². The van der Waals surface area contributed by atoms with Gasteiger partial charge in [0.25, 0.3) is 10.0 Å². The molecule has 0 fully saturated rings. The van der Waals surface area contributed by atoms with E-state index in [1.54, 1.807) is 24.3 Å². The molecular formula is C17H22N2O3S. The summed E-state index contributed by atoms with van der Waals surface area (Å²) in [6, 6.07) is 10.6. The van der Waals surface area contributed by atoms with E-state index in [2.05, 4.69) is 10.3 Å². The summed E-state index contributed by atoms with van der Waals surface area (Å²) < 4.78 is 24.9. The largest absolute Gasteiger partial charge is 0.278 e. The van der Waals surface area contributed by atoms with E-state index in [0.29, 0.717) is 11.8 Å². The number of sulfonamides is 1. The number of fused-ring (bicyclic) bond motifs is 1. The number of unbranched alkanes of at least 4 members (excludes halogenated alkanes) is 2. The van der Waals surface area contributed by atoms with E-state index < -0.39 is 10.0 Å². The molecule has 0 saturated carbocycles. The van der Waals surface area contributed by atoms with Gasteiger partial charge in [-0.05, 0) is 30.4 Å². The van der Waals surface area contributed by atoms with Crippen LogP contribution in [-0.4, -0.2) is 14.3 Å². The van der Waals surface area contributed by atoms with Crippen molar-refractivity contribution in [2.75, 3.05) is 0 Å². The van der Waals surface area contributed by atoms with Gasteiger partial charge in [-0.25, -0.2) is 8.42 Å². The summed E-state index contributed by atoms with van der Waals surface area (Å²) in [5, 5.41) is 1.52. The number of hydrogen-bond donors (Lipinski definition) is 2. The summed E-state index contributed by atoms with van der Waals surface area (Å²) in [5.74, 6) is -0.321. The van der Waals surface area contributed by atoms with Gasteiger partial charge in [0.1, 0.15) is 0 Å². The van der Waals surface area contributed by atoms with Crippen LogP contribution in [0.25, 0.3) is 10.8 Å². The summed E-state index contributed by atoms with van der Waals surface area (Å²) in [6.07, 6.45) is 3.01. The Morgan fingerprint density at radius 3 is 2.43 bits per heavy atom. The highest BCUT2D eigenvalue weighted by molar-refractivity contribution is 7.89.